The summed E-state index contributed by atoms with van der Waals surface area (Å²) in [5.41, 5.74) is 1.52. The normalized spacial score (nSPS) is 11.1. The minimum atomic E-state index is -0.522. The van der Waals surface area contributed by atoms with Crippen LogP contribution >= 0.6 is 0 Å². The van der Waals surface area contributed by atoms with E-state index in [1.54, 1.807) is 48.5 Å². The lowest BCUT2D eigenvalue weighted by Crippen LogP contribution is -2.13. The summed E-state index contributed by atoms with van der Waals surface area (Å²) >= 11 is 0. The predicted molar refractivity (Wildman–Crippen MR) is 123 cm³/mol. The summed E-state index contributed by atoms with van der Waals surface area (Å²) < 4.78 is 20.0. The van der Waals surface area contributed by atoms with Crippen molar-refractivity contribution in [2.24, 2.45) is 0 Å². The number of nitrogens with zero attached hydrogens (tertiary/aromatic N) is 1. The largest absolute Gasteiger partial charge is 0.488 e. The molecule has 0 spiro atoms. The SMILES string of the molecule is N#C/C(=C\c1c(OCc2ccccc2F)ccc2ccccc12)C(=O)Nc1ccccc1. The van der Waals surface area contributed by atoms with E-state index in [2.05, 4.69) is 5.32 Å². The number of rotatable bonds is 6. The molecule has 0 aliphatic carbocycles. The van der Waals surface area contributed by atoms with Gasteiger partial charge in [-0.1, -0.05) is 66.7 Å². The van der Waals surface area contributed by atoms with E-state index < -0.39 is 5.91 Å². The molecule has 0 aliphatic rings. The number of halogens is 1. The van der Waals surface area contributed by atoms with E-state index in [0.29, 0.717) is 22.6 Å². The average Bonchev–Trinajstić information content (AvgIpc) is 2.83. The molecule has 32 heavy (non-hydrogen) atoms. The Labute approximate surface area is 185 Å². The third-order valence-electron chi connectivity index (χ3n) is 4.96. The number of fused-ring (bicyclic) bond motifs is 1. The number of anilines is 1. The van der Waals surface area contributed by atoms with Crippen LogP contribution in [0.5, 0.6) is 5.75 Å². The van der Waals surface area contributed by atoms with Crippen molar-refractivity contribution < 1.29 is 13.9 Å². The van der Waals surface area contributed by atoms with Crippen LogP contribution in [-0.2, 0) is 11.4 Å². The summed E-state index contributed by atoms with van der Waals surface area (Å²) in [5, 5.41) is 14.1. The van der Waals surface area contributed by atoms with Crippen LogP contribution in [0, 0.1) is 17.1 Å². The van der Waals surface area contributed by atoms with Gasteiger partial charge >= 0.3 is 0 Å². The highest BCUT2D eigenvalue weighted by Gasteiger charge is 2.14. The van der Waals surface area contributed by atoms with Crippen LogP contribution in [0.3, 0.4) is 0 Å². The first kappa shape index (κ1) is 20.8. The number of ether oxygens (including phenoxy) is 1. The first-order chi connectivity index (χ1) is 15.7. The molecule has 4 aromatic carbocycles. The summed E-state index contributed by atoms with van der Waals surface area (Å²) in [6.45, 7) is 0.0178. The molecule has 0 saturated heterocycles. The number of carbonyl (C=O) groups is 1. The molecule has 0 bridgehead atoms. The maximum atomic E-state index is 14.0. The fourth-order valence-electron chi connectivity index (χ4n) is 3.33. The van der Waals surface area contributed by atoms with Gasteiger partial charge < -0.3 is 10.1 Å². The quantitative estimate of drug-likeness (QED) is 0.301. The van der Waals surface area contributed by atoms with Crippen LogP contribution in [0.1, 0.15) is 11.1 Å². The van der Waals surface area contributed by atoms with Gasteiger partial charge in [0.05, 0.1) is 0 Å². The summed E-state index contributed by atoms with van der Waals surface area (Å²) in [4.78, 5) is 12.7. The van der Waals surface area contributed by atoms with E-state index in [1.807, 2.05) is 42.5 Å². The topological polar surface area (TPSA) is 62.1 Å². The zero-order valence-corrected chi connectivity index (χ0v) is 17.1. The van der Waals surface area contributed by atoms with Gasteiger partial charge in [0.2, 0.25) is 0 Å². The van der Waals surface area contributed by atoms with Crippen molar-refractivity contribution in [2.45, 2.75) is 6.61 Å². The first-order valence-corrected chi connectivity index (χ1v) is 10.0. The smallest absolute Gasteiger partial charge is 0.266 e. The number of para-hydroxylation sites is 1. The molecule has 0 aromatic heterocycles. The highest BCUT2D eigenvalue weighted by Crippen LogP contribution is 2.31. The van der Waals surface area contributed by atoms with E-state index in [-0.39, 0.29) is 18.0 Å². The van der Waals surface area contributed by atoms with Crippen LogP contribution in [0.15, 0.2) is 96.6 Å². The fourth-order valence-corrected chi connectivity index (χ4v) is 3.33. The molecule has 0 heterocycles. The Morgan fingerprint density at radius 3 is 2.44 bits per heavy atom. The second-order valence-corrected chi connectivity index (χ2v) is 7.07. The second kappa shape index (κ2) is 9.59. The Bertz CT molecular complexity index is 1340. The maximum Gasteiger partial charge on any atom is 0.266 e. The zero-order valence-electron chi connectivity index (χ0n) is 17.1. The van der Waals surface area contributed by atoms with Crippen molar-refractivity contribution in [1.82, 2.24) is 0 Å². The van der Waals surface area contributed by atoms with Crippen molar-refractivity contribution in [2.75, 3.05) is 5.32 Å². The lowest BCUT2D eigenvalue weighted by Gasteiger charge is -2.13. The van der Waals surface area contributed by atoms with Crippen molar-refractivity contribution in [3.8, 4) is 11.8 Å². The molecule has 156 valence electrons. The molecule has 0 fully saturated rings. The van der Waals surface area contributed by atoms with Crippen molar-refractivity contribution >= 4 is 28.4 Å². The van der Waals surface area contributed by atoms with Gasteiger partial charge in [0.15, 0.2) is 0 Å². The third kappa shape index (κ3) is 4.66. The minimum absolute atomic E-state index is 0.0178. The lowest BCUT2D eigenvalue weighted by molar-refractivity contribution is -0.112. The van der Waals surface area contributed by atoms with Gasteiger partial charge in [0, 0.05) is 16.8 Å². The standard InChI is InChI=1S/C27H19FN2O2/c28-25-13-7-5-9-20(25)18-32-26-15-14-19-8-4-6-12-23(19)24(26)16-21(17-29)27(31)30-22-10-2-1-3-11-22/h1-16H,18H2,(H,30,31)/b21-16+. The van der Waals surface area contributed by atoms with E-state index in [1.165, 1.54) is 12.1 Å². The van der Waals surface area contributed by atoms with Crippen LogP contribution in [0.4, 0.5) is 10.1 Å². The van der Waals surface area contributed by atoms with Gasteiger partial charge in [-0.25, -0.2) is 4.39 Å². The molecular weight excluding hydrogens is 403 g/mol. The molecule has 1 N–H and O–H groups in total. The van der Waals surface area contributed by atoms with Gasteiger partial charge in [0.25, 0.3) is 5.91 Å². The molecule has 5 heteroatoms. The Balaban J connectivity index is 1.72. The highest BCUT2D eigenvalue weighted by atomic mass is 19.1. The molecule has 1 amide bonds. The molecule has 0 atom stereocenters. The van der Waals surface area contributed by atoms with Gasteiger partial charge in [-0.2, -0.15) is 5.26 Å². The zero-order chi connectivity index (χ0) is 22.3. The molecular formula is C27H19FN2O2. The molecule has 0 aliphatic heterocycles. The van der Waals surface area contributed by atoms with Crippen LogP contribution in [-0.4, -0.2) is 5.91 Å². The molecule has 0 radical (unpaired) electrons. The molecule has 4 rings (SSSR count). The Hall–Kier alpha value is -4.43. The Kier molecular flexibility index (Phi) is 6.24. The predicted octanol–water partition coefficient (Wildman–Crippen LogP) is 6.10. The number of hydrogen-bond acceptors (Lipinski definition) is 3. The molecule has 0 unspecified atom stereocenters. The molecule has 4 aromatic rings. The number of carbonyl (C=O) groups excluding carboxylic acids is 1. The van der Waals surface area contributed by atoms with Crippen molar-refractivity contribution in [1.29, 1.82) is 5.26 Å². The summed E-state index contributed by atoms with van der Waals surface area (Å²) in [5.74, 6) is -0.427. The van der Waals surface area contributed by atoms with Crippen LogP contribution in [0.25, 0.3) is 16.8 Å². The Morgan fingerprint density at radius 1 is 0.938 bits per heavy atom. The van der Waals surface area contributed by atoms with E-state index in [4.69, 9.17) is 4.74 Å². The number of benzene rings is 4. The van der Waals surface area contributed by atoms with Gasteiger partial charge in [0.1, 0.15) is 29.8 Å². The van der Waals surface area contributed by atoms with Gasteiger partial charge in [-0.15, -0.1) is 0 Å². The number of nitriles is 1. The highest BCUT2D eigenvalue weighted by molar-refractivity contribution is 6.11. The van der Waals surface area contributed by atoms with E-state index >= 15 is 0 Å². The number of hydrogen-bond donors (Lipinski definition) is 1. The van der Waals surface area contributed by atoms with E-state index in [9.17, 15) is 14.4 Å². The third-order valence-corrected chi connectivity index (χ3v) is 4.96. The maximum absolute atomic E-state index is 14.0. The van der Waals surface area contributed by atoms with Crippen molar-refractivity contribution in [3.63, 3.8) is 0 Å². The molecule has 4 nitrogen and oxygen atoms in total. The lowest BCUT2D eigenvalue weighted by atomic mass is 10.0. The Morgan fingerprint density at radius 2 is 1.66 bits per heavy atom. The molecule has 0 saturated carbocycles. The summed E-state index contributed by atoms with van der Waals surface area (Å²) in [7, 11) is 0. The average molecular weight is 422 g/mol. The minimum Gasteiger partial charge on any atom is -0.488 e. The fraction of sp³-hybridized carbons (Fsp3) is 0.0370. The number of nitrogens with one attached hydrogen (secondary N) is 1. The summed E-state index contributed by atoms with van der Waals surface area (Å²) in [6, 6.07) is 28.5. The van der Waals surface area contributed by atoms with E-state index in [0.717, 1.165) is 10.8 Å². The van der Waals surface area contributed by atoms with Crippen LogP contribution < -0.4 is 10.1 Å². The monoisotopic (exact) mass is 422 g/mol. The van der Waals surface area contributed by atoms with Crippen molar-refractivity contribution in [3.05, 3.63) is 114 Å². The second-order valence-electron chi connectivity index (χ2n) is 7.07. The van der Waals surface area contributed by atoms with Gasteiger partial charge in [-0.3, -0.25) is 4.79 Å². The van der Waals surface area contributed by atoms with Crippen LogP contribution in [0.2, 0.25) is 0 Å². The van der Waals surface area contributed by atoms with Gasteiger partial charge in [-0.05, 0) is 41.1 Å². The number of amides is 1. The summed E-state index contributed by atoms with van der Waals surface area (Å²) in [6.07, 6.45) is 1.51. The first-order valence-electron chi connectivity index (χ1n) is 10.0.